The summed E-state index contributed by atoms with van der Waals surface area (Å²) < 4.78 is 130. The summed E-state index contributed by atoms with van der Waals surface area (Å²) in [6.07, 6.45) is -106. The predicted molar refractivity (Wildman–Crippen MR) is 403 cm³/mol. The van der Waals surface area contributed by atoms with Gasteiger partial charge in [0.15, 0.2) is 69.2 Å². The Labute approximate surface area is 738 Å². The van der Waals surface area contributed by atoms with Crippen molar-refractivity contribution in [2.45, 2.75) is 393 Å². The highest BCUT2D eigenvalue weighted by atomic mass is 16.8. The van der Waals surface area contributed by atoms with Crippen molar-refractivity contribution in [1.82, 2.24) is 21.3 Å². The summed E-state index contributed by atoms with van der Waals surface area (Å²) in [6.45, 7) is 0.419. The number of carbonyl (C=O) groups is 4. The van der Waals surface area contributed by atoms with Crippen molar-refractivity contribution >= 4 is 23.6 Å². The van der Waals surface area contributed by atoms with Crippen LogP contribution in [0.15, 0.2) is 0 Å². The second-order valence-electron chi connectivity index (χ2n) is 33.7. The van der Waals surface area contributed by atoms with Crippen LogP contribution in [0.3, 0.4) is 0 Å². The Kier molecular flexibility index (Phi) is 37.4. The van der Waals surface area contributed by atoms with Crippen LogP contribution in [-0.2, 0) is 119 Å². The molecule has 130 heavy (non-hydrogen) atoms. The zero-order chi connectivity index (χ0) is 95.7. The second kappa shape index (κ2) is 45.7. The lowest BCUT2D eigenvalue weighted by molar-refractivity contribution is -0.408. The molecule has 0 radical (unpaired) electrons. The molecule has 11 fully saturated rings. The van der Waals surface area contributed by atoms with E-state index in [1.165, 1.54) is 27.7 Å². The van der Waals surface area contributed by atoms with Crippen molar-refractivity contribution in [3.8, 4) is 0 Å². The Morgan fingerprint density at radius 2 is 0.462 bits per heavy atom. The smallest absolute Gasteiger partial charge is 0.217 e. The summed E-state index contributed by atoms with van der Waals surface area (Å²) in [5.74, 6) is -3.87. The van der Waals surface area contributed by atoms with Gasteiger partial charge in [-0.25, -0.2) is 0 Å². The Bertz CT molecular complexity index is 3580. The van der Waals surface area contributed by atoms with E-state index in [2.05, 4.69) is 21.3 Å². The molecule has 0 bridgehead atoms. The summed E-state index contributed by atoms with van der Waals surface area (Å²) in [5, 5.41) is 315. The summed E-state index contributed by atoms with van der Waals surface area (Å²) >= 11 is 0. The van der Waals surface area contributed by atoms with Crippen LogP contribution in [0.2, 0.25) is 0 Å². The molecule has 55 atom stereocenters. The molecule has 56 heteroatoms. The first kappa shape index (κ1) is 106. The molecule has 4 amide bonds. The molecular weight excluding hydrogens is 1780 g/mol. The molecule has 11 aliphatic rings. The molecule has 0 spiro atoms. The first-order valence-electron chi connectivity index (χ1n) is 42.1. The summed E-state index contributed by atoms with van der Waals surface area (Å²) in [7, 11) is 0. The fraction of sp³-hybridized carbons (Fsp3) is 0.946. The molecule has 0 aromatic heterocycles. The largest absolute Gasteiger partial charge is 0.394 e. The average molecular weight is 1900 g/mol. The van der Waals surface area contributed by atoms with Gasteiger partial charge in [-0.3, -0.25) is 19.2 Å². The number of nitrogens with one attached hydrogen (secondary N) is 4. The molecule has 0 saturated carbocycles. The number of aliphatic hydroxyl groups excluding tert-OH is 27. The van der Waals surface area contributed by atoms with Crippen molar-refractivity contribution in [1.29, 1.82) is 0 Å². The second-order valence-corrected chi connectivity index (χ2v) is 33.7. The third kappa shape index (κ3) is 23.1. The van der Waals surface area contributed by atoms with Gasteiger partial charge in [0, 0.05) is 27.7 Å². The average Bonchev–Trinajstić information content (AvgIpc) is 0.756. The van der Waals surface area contributed by atoms with Gasteiger partial charge in [-0.2, -0.15) is 0 Å². The van der Waals surface area contributed by atoms with Crippen molar-refractivity contribution in [2.75, 3.05) is 46.2 Å². The van der Waals surface area contributed by atoms with E-state index in [9.17, 15) is 157 Å². The summed E-state index contributed by atoms with van der Waals surface area (Å²) in [4.78, 5) is 53.1. The molecule has 752 valence electrons. The van der Waals surface area contributed by atoms with Crippen LogP contribution in [0, 0.1) is 0 Å². The number of amides is 4. The first-order chi connectivity index (χ1) is 61.3. The Morgan fingerprint density at radius 1 is 0.215 bits per heavy atom. The molecular formula is C74H124N4O52. The topological polar surface area (TPSA) is 856 Å². The van der Waals surface area contributed by atoms with Crippen molar-refractivity contribution in [3.63, 3.8) is 0 Å². The van der Waals surface area contributed by atoms with E-state index >= 15 is 0 Å². The lowest BCUT2D eigenvalue weighted by Gasteiger charge is -2.53. The van der Waals surface area contributed by atoms with Gasteiger partial charge in [0.05, 0.1) is 70.7 Å². The number of aliphatic hydroxyl groups is 27. The zero-order valence-corrected chi connectivity index (χ0v) is 71.0. The maximum absolute atomic E-state index is 13.9. The van der Waals surface area contributed by atoms with Gasteiger partial charge in [0.25, 0.3) is 0 Å². The van der Waals surface area contributed by atoms with Crippen LogP contribution in [-0.4, -0.2) is 545 Å². The number of hydrogen-bond acceptors (Lipinski definition) is 52. The lowest BCUT2D eigenvalue weighted by Crippen LogP contribution is -2.72. The van der Waals surface area contributed by atoms with Crippen LogP contribution in [0.4, 0.5) is 0 Å². The minimum absolute atomic E-state index is 0.874. The molecule has 0 aromatic rings. The minimum atomic E-state index is -2.53. The maximum Gasteiger partial charge on any atom is 0.217 e. The van der Waals surface area contributed by atoms with Gasteiger partial charge in [0.1, 0.15) is 244 Å². The van der Waals surface area contributed by atoms with Crippen LogP contribution in [0.1, 0.15) is 55.4 Å². The molecule has 31 N–H and O–H groups in total. The highest BCUT2D eigenvalue weighted by molar-refractivity contribution is 5.74. The Balaban J connectivity index is 0.951. The van der Waals surface area contributed by atoms with Gasteiger partial charge >= 0.3 is 0 Å². The molecule has 56 nitrogen and oxygen atoms in total. The quantitative estimate of drug-likeness (QED) is 0.0306. The van der Waals surface area contributed by atoms with E-state index in [1.54, 1.807) is 0 Å². The highest BCUT2D eigenvalue weighted by Gasteiger charge is 2.64. The fourth-order valence-electron chi connectivity index (χ4n) is 17.2. The molecule has 0 aromatic carbocycles. The zero-order valence-electron chi connectivity index (χ0n) is 71.0. The number of carbonyl (C=O) groups excluding carboxylic acids is 4. The highest BCUT2D eigenvalue weighted by Crippen LogP contribution is 2.43. The molecule has 11 aliphatic heterocycles. The van der Waals surface area contributed by atoms with Crippen LogP contribution >= 0.6 is 0 Å². The summed E-state index contributed by atoms with van der Waals surface area (Å²) in [6, 6.07) is -7.86. The minimum Gasteiger partial charge on any atom is -0.394 e. The number of ether oxygens (including phenoxy) is 21. The van der Waals surface area contributed by atoms with Gasteiger partial charge in [0.2, 0.25) is 23.6 Å². The molecule has 0 aliphatic carbocycles. The van der Waals surface area contributed by atoms with Gasteiger partial charge in [-0.05, 0) is 27.7 Å². The van der Waals surface area contributed by atoms with E-state index < -0.39 is 407 Å². The first-order valence-corrected chi connectivity index (χ1v) is 42.1. The van der Waals surface area contributed by atoms with Crippen LogP contribution in [0.5, 0.6) is 0 Å². The van der Waals surface area contributed by atoms with E-state index in [0.29, 0.717) is 0 Å². The summed E-state index contributed by atoms with van der Waals surface area (Å²) in [5.41, 5.74) is 0. The number of rotatable bonds is 31. The number of hydrogen-bond donors (Lipinski definition) is 31. The van der Waals surface area contributed by atoms with Crippen molar-refractivity contribution in [2.24, 2.45) is 0 Å². The normalized spacial score (nSPS) is 51.0. The van der Waals surface area contributed by atoms with Crippen molar-refractivity contribution < 1.29 is 257 Å². The third-order valence-corrected chi connectivity index (χ3v) is 24.4. The third-order valence-electron chi connectivity index (χ3n) is 24.4. The van der Waals surface area contributed by atoms with Gasteiger partial charge in [-0.1, -0.05) is 0 Å². The predicted octanol–water partition coefficient (Wildman–Crippen LogP) is -20.3. The van der Waals surface area contributed by atoms with Crippen molar-refractivity contribution in [3.05, 3.63) is 0 Å². The standard InChI is InChI=1S/C74H124N4O52/c1-16-35(89)46(100)50(104)69(111-16)122-55-29(14-84)121-68(34(78-23(8)88)58(55)125-74-63(130-72-53(107)49(103)38(92)19(4)114-72)61(42(96)27(12-82)119-74)128-67-32(76-21(6)86)45(99)40(94)25(10-80)117-67)126-59-43(97)30(115-64(109)54(59)108)15-110-65-33(77-22(7)87)57(124-70-51(105)47(101)36(90)17(2)112-70)56(28(13-83)120-65)123-73-62(129-71-52(106)48(102)37(91)18(3)113-71)60(41(95)26(11-81)118-73)127-66-31(75-20(5)85)44(98)39(93)24(9-79)116-66/h16-19,24-74,79-84,89-109H,9-15H2,1-8H3,(H,75,85)(H,76,86)(H,77,87)(H,78,88)/t16-,17-,18-,19-,24+,25+,26+,27+,28+,29+,30+,31+,32+,33+,34+,35+,36+,37+,38+,39-,40-,41-,42-,43-,44+,45+,46+,47+,48+,49+,50-,51-,52-,53-,54+,55+,56+,57+,58+,59-,60-,61-,62+,63+,64?,65+,66+,67+,68-,69-,70-,71-,72-,73-,74-/m0/s1. The van der Waals surface area contributed by atoms with Gasteiger partial charge < -0.3 is 259 Å². The van der Waals surface area contributed by atoms with E-state index in [0.717, 1.165) is 27.7 Å². The van der Waals surface area contributed by atoms with Gasteiger partial charge in [-0.15, -0.1) is 0 Å². The Morgan fingerprint density at radius 3 is 0.800 bits per heavy atom. The lowest BCUT2D eigenvalue weighted by atomic mass is 9.93. The molecule has 11 rings (SSSR count). The van der Waals surface area contributed by atoms with Crippen LogP contribution in [0.25, 0.3) is 0 Å². The Hall–Kier alpha value is -4.04. The SMILES string of the molecule is CC(=O)N[C@H]1[C@@H](O[C@H]2[C@@H](O)[C@@H](CO)O[C@@H](O[C@@H]3[C@@H](NC(C)=O)[C@H](O[C@H]4[C@@H](O)[C@@H](CO[C@@H]5O[C@H](CO)[C@@H](O[C@@H]6O[C@H](CO)[C@H](O)[C@H](O[C@H]7O[C@H](CO)[C@H](O)[C@H](O)[C@H]7NC(C)=O)[C@H]6O[C@@H]6O[C@@H](C)[C@@H](O)[C@@H](O)[C@@H]6O)[C@H](O[C@@H]6O[C@@H](C)[C@@H](O)[C@@H](O)[C@@H]6O)[C@H]5NC(C)=O)OC(O)[C@@H]4O)O[C@H](CO)[C@H]3O[C@@H]3O[C@@H](C)[C@@H](O)[C@@H](O)[C@@H]3O)[C@@H]2O[C@@H]2O[C@@H](C)[C@@H](O)[C@@H](O)[C@@H]2O)O[C@H](CO)[C@H](O)[C@@H]1O. The van der Waals surface area contributed by atoms with E-state index in [-0.39, 0.29) is 0 Å². The molecule has 1 unspecified atom stereocenters. The van der Waals surface area contributed by atoms with Crippen LogP contribution < -0.4 is 21.3 Å². The monoisotopic (exact) mass is 1900 g/mol. The molecule has 11 saturated heterocycles. The van der Waals surface area contributed by atoms with E-state index in [1.807, 2.05) is 0 Å². The fourth-order valence-corrected chi connectivity index (χ4v) is 17.2. The molecule has 11 heterocycles. The maximum atomic E-state index is 13.9. The van der Waals surface area contributed by atoms with E-state index in [4.69, 9.17) is 99.5 Å².